The van der Waals surface area contributed by atoms with Crippen LogP contribution in [-0.4, -0.2) is 37.1 Å². The molecule has 0 aromatic rings. The van der Waals surface area contributed by atoms with Gasteiger partial charge >= 0.3 is 11.9 Å². The Kier molecular flexibility index (Phi) is 7.87. The summed E-state index contributed by atoms with van der Waals surface area (Å²) < 4.78 is 9.69. The van der Waals surface area contributed by atoms with Gasteiger partial charge in [-0.15, -0.1) is 0 Å². The van der Waals surface area contributed by atoms with Gasteiger partial charge in [-0.2, -0.15) is 0 Å². The molecule has 0 unspecified atom stereocenters. The lowest BCUT2D eigenvalue weighted by atomic mass is 9.98. The number of ether oxygens (including phenoxy) is 2. The van der Waals surface area contributed by atoms with Crippen LogP contribution in [-0.2, 0) is 23.9 Å². The summed E-state index contributed by atoms with van der Waals surface area (Å²) in [5.41, 5.74) is 0. The number of carbonyl (C=O) groups is 3. The molecule has 6 nitrogen and oxygen atoms in total. The number of hydrogen-bond acceptors (Lipinski definition) is 5. The van der Waals surface area contributed by atoms with E-state index in [4.69, 9.17) is 9.47 Å². The van der Waals surface area contributed by atoms with E-state index in [1.807, 2.05) is 13.8 Å². The maximum absolute atomic E-state index is 12.2. The van der Waals surface area contributed by atoms with Gasteiger partial charge in [0.05, 0.1) is 7.11 Å². The quantitative estimate of drug-likeness (QED) is 0.713. The van der Waals surface area contributed by atoms with Crippen molar-refractivity contribution in [2.45, 2.75) is 53.2 Å². The number of carbonyl (C=O) groups excluding carboxylic acids is 3. The first-order valence-corrected chi connectivity index (χ1v) is 6.79. The molecule has 0 heterocycles. The Morgan fingerprint density at radius 1 is 1.15 bits per heavy atom. The summed E-state index contributed by atoms with van der Waals surface area (Å²) in [6.07, 6.45) is -0.205. The third-order valence-corrected chi connectivity index (χ3v) is 3.12. The van der Waals surface area contributed by atoms with E-state index in [9.17, 15) is 14.4 Å². The van der Waals surface area contributed by atoms with Crippen molar-refractivity contribution < 1.29 is 23.9 Å². The van der Waals surface area contributed by atoms with Gasteiger partial charge in [-0.3, -0.25) is 9.59 Å². The molecule has 0 bridgehead atoms. The molecule has 20 heavy (non-hydrogen) atoms. The average molecular weight is 287 g/mol. The second-order valence-electron chi connectivity index (χ2n) is 5.17. The van der Waals surface area contributed by atoms with Crippen molar-refractivity contribution in [2.24, 2.45) is 11.8 Å². The van der Waals surface area contributed by atoms with E-state index in [0.29, 0.717) is 6.42 Å². The number of amides is 1. The van der Waals surface area contributed by atoms with Crippen LogP contribution in [0.5, 0.6) is 0 Å². The van der Waals surface area contributed by atoms with Gasteiger partial charge in [-0.05, 0) is 11.8 Å². The van der Waals surface area contributed by atoms with Crippen molar-refractivity contribution in [1.29, 1.82) is 0 Å². The molecule has 6 heteroatoms. The maximum Gasteiger partial charge on any atom is 0.328 e. The van der Waals surface area contributed by atoms with Gasteiger partial charge in [-0.25, -0.2) is 4.79 Å². The summed E-state index contributed by atoms with van der Waals surface area (Å²) in [5, 5.41) is 2.61. The van der Waals surface area contributed by atoms with Crippen LogP contribution in [0.25, 0.3) is 0 Å². The van der Waals surface area contributed by atoms with Crippen LogP contribution in [0.3, 0.4) is 0 Å². The molecule has 0 saturated carbocycles. The molecule has 0 aromatic heterocycles. The van der Waals surface area contributed by atoms with Gasteiger partial charge < -0.3 is 14.8 Å². The van der Waals surface area contributed by atoms with Gasteiger partial charge in [0.2, 0.25) is 0 Å². The minimum absolute atomic E-state index is 0.0726. The van der Waals surface area contributed by atoms with Crippen molar-refractivity contribution in [3.63, 3.8) is 0 Å². The lowest BCUT2D eigenvalue weighted by Crippen LogP contribution is -2.51. The summed E-state index contributed by atoms with van der Waals surface area (Å²) in [5.74, 6) is -1.77. The summed E-state index contributed by atoms with van der Waals surface area (Å²) >= 11 is 0. The number of methoxy groups -OCH3 is 1. The van der Waals surface area contributed by atoms with Gasteiger partial charge in [-0.1, -0.05) is 34.1 Å². The van der Waals surface area contributed by atoms with Crippen molar-refractivity contribution in [1.82, 2.24) is 5.32 Å². The van der Waals surface area contributed by atoms with Crippen LogP contribution in [0.4, 0.5) is 0 Å². The third kappa shape index (κ3) is 5.59. The van der Waals surface area contributed by atoms with Crippen LogP contribution in [0.15, 0.2) is 0 Å². The predicted octanol–water partition coefficient (Wildman–Crippen LogP) is 1.28. The second kappa shape index (κ2) is 8.55. The van der Waals surface area contributed by atoms with Crippen molar-refractivity contribution in [3.05, 3.63) is 0 Å². The van der Waals surface area contributed by atoms with Crippen LogP contribution < -0.4 is 5.32 Å². The molecule has 116 valence electrons. The summed E-state index contributed by atoms with van der Waals surface area (Å²) in [6, 6.07) is -0.741. The van der Waals surface area contributed by atoms with Crippen molar-refractivity contribution in [3.8, 4) is 0 Å². The second-order valence-corrected chi connectivity index (χ2v) is 5.17. The normalized spacial score (nSPS) is 15.2. The average Bonchev–Trinajstić information content (AvgIpc) is 2.39. The molecule has 0 aromatic carbocycles. The van der Waals surface area contributed by atoms with Crippen LogP contribution in [0, 0.1) is 11.8 Å². The third-order valence-electron chi connectivity index (χ3n) is 3.12. The van der Waals surface area contributed by atoms with Crippen molar-refractivity contribution in [2.75, 3.05) is 7.11 Å². The van der Waals surface area contributed by atoms with E-state index in [1.165, 1.54) is 14.0 Å². The van der Waals surface area contributed by atoms with E-state index in [-0.39, 0.29) is 11.8 Å². The molecule has 0 aliphatic rings. The van der Waals surface area contributed by atoms with Crippen LogP contribution >= 0.6 is 0 Å². The lowest BCUT2D eigenvalue weighted by Gasteiger charge is -2.26. The predicted molar refractivity (Wildman–Crippen MR) is 73.8 cm³/mol. The van der Waals surface area contributed by atoms with Crippen LogP contribution in [0.2, 0.25) is 0 Å². The van der Waals surface area contributed by atoms with E-state index in [2.05, 4.69) is 5.32 Å². The SMILES string of the molecule is CC[C@H](C)[C@H](NC(=O)[C@H](OC(C)=O)C(C)C)C(=O)OC. The Hall–Kier alpha value is -1.59. The molecule has 0 aliphatic heterocycles. The standard InChI is InChI=1S/C14H25NO5/c1-7-9(4)11(14(18)19-6)15-13(17)12(8(2)3)20-10(5)16/h8-9,11-12H,7H2,1-6H3,(H,15,17)/t9-,11-,12+/m0/s1. The zero-order chi connectivity index (χ0) is 15.9. The molecule has 0 fully saturated rings. The van der Waals surface area contributed by atoms with E-state index in [1.54, 1.807) is 13.8 Å². The first-order chi connectivity index (χ1) is 9.24. The number of esters is 2. The zero-order valence-corrected chi connectivity index (χ0v) is 13.1. The molecule has 1 amide bonds. The highest BCUT2D eigenvalue weighted by molar-refractivity contribution is 5.88. The summed E-state index contributed by atoms with van der Waals surface area (Å²) in [6.45, 7) is 8.54. The highest BCUT2D eigenvalue weighted by atomic mass is 16.5. The van der Waals surface area contributed by atoms with E-state index < -0.39 is 30.0 Å². The summed E-state index contributed by atoms with van der Waals surface area (Å²) in [7, 11) is 1.27. The molecule has 0 radical (unpaired) electrons. The van der Waals surface area contributed by atoms with Gasteiger partial charge in [0, 0.05) is 6.92 Å². The lowest BCUT2D eigenvalue weighted by molar-refractivity contribution is -0.158. The Morgan fingerprint density at radius 2 is 1.70 bits per heavy atom. The van der Waals surface area contributed by atoms with E-state index in [0.717, 1.165) is 0 Å². The Bertz CT molecular complexity index is 353. The number of nitrogens with one attached hydrogen (secondary N) is 1. The van der Waals surface area contributed by atoms with Crippen LogP contribution in [0.1, 0.15) is 41.0 Å². The molecule has 0 rings (SSSR count). The van der Waals surface area contributed by atoms with E-state index >= 15 is 0 Å². The molecule has 0 saturated heterocycles. The first-order valence-electron chi connectivity index (χ1n) is 6.79. The number of rotatable bonds is 7. The molecule has 3 atom stereocenters. The van der Waals surface area contributed by atoms with Gasteiger partial charge in [0.1, 0.15) is 6.04 Å². The topological polar surface area (TPSA) is 81.7 Å². The van der Waals surface area contributed by atoms with Gasteiger partial charge in [0.25, 0.3) is 5.91 Å². The zero-order valence-electron chi connectivity index (χ0n) is 13.1. The smallest absolute Gasteiger partial charge is 0.328 e. The maximum atomic E-state index is 12.2. The fourth-order valence-corrected chi connectivity index (χ4v) is 1.70. The molecule has 1 N–H and O–H groups in total. The fraction of sp³-hybridized carbons (Fsp3) is 0.786. The highest BCUT2D eigenvalue weighted by Gasteiger charge is 2.32. The molecule has 0 spiro atoms. The monoisotopic (exact) mass is 287 g/mol. The molecule has 0 aliphatic carbocycles. The Morgan fingerprint density at radius 3 is 2.05 bits per heavy atom. The molecular weight excluding hydrogens is 262 g/mol. The minimum Gasteiger partial charge on any atom is -0.467 e. The van der Waals surface area contributed by atoms with Gasteiger partial charge in [0.15, 0.2) is 6.10 Å². The molecular formula is C14H25NO5. The fourth-order valence-electron chi connectivity index (χ4n) is 1.70. The Labute approximate surface area is 120 Å². The largest absolute Gasteiger partial charge is 0.467 e. The summed E-state index contributed by atoms with van der Waals surface area (Å²) in [4.78, 5) is 34.9. The number of hydrogen-bond donors (Lipinski definition) is 1. The van der Waals surface area contributed by atoms with Crippen molar-refractivity contribution >= 4 is 17.8 Å². The first kappa shape index (κ1) is 18.4. The highest BCUT2D eigenvalue weighted by Crippen LogP contribution is 2.12. The minimum atomic E-state index is -0.913. The Balaban J connectivity index is 4.95.